The molecule has 2 bridgehead atoms. The molecule has 1 spiro atoms. The molecule has 0 aromatic carbocycles. The van der Waals surface area contributed by atoms with Gasteiger partial charge in [0.05, 0.1) is 31.2 Å². The number of alkyl halides is 1. The Morgan fingerprint density at radius 3 is 2.77 bits per heavy atom. The standard InChI is InChI=1S/C22H33BrN2O6/c1-5-8-13(4)24(9-6-2)20(28)18-22-12-14(23)17(31-22)15(21(29)30-7-3)16(22)19(27)25(18)10-11-26/h6,13-18,26H,2,5,7-12H2,1,3-4H3/t13?,14?,15-,16+,17-,18?,22?/m1/s1. The predicted octanol–water partition coefficient (Wildman–Crippen LogP) is 1.49. The molecule has 3 rings (SSSR count). The van der Waals surface area contributed by atoms with Crippen LogP contribution in [0.4, 0.5) is 0 Å². The Kier molecular flexibility index (Phi) is 7.48. The van der Waals surface area contributed by atoms with Gasteiger partial charge in [-0.05, 0) is 26.7 Å². The second kappa shape index (κ2) is 9.58. The third kappa shape index (κ3) is 3.82. The topological polar surface area (TPSA) is 96.4 Å². The smallest absolute Gasteiger partial charge is 0.312 e. The molecule has 174 valence electrons. The number of likely N-dealkylation sites (tertiary alicyclic amines) is 1. The summed E-state index contributed by atoms with van der Waals surface area (Å²) in [5.74, 6) is -2.59. The van der Waals surface area contributed by atoms with E-state index in [4.69, 9.17) is 9.47 Å². The number of β-amino-alcohol motifs (C(OH)–C–C–N with tert-alkyl or cyclic N) is 1. The van der Waals surface area contributed by atoms with Gasteiger partial charge in [0, 0.05) is 24.0 Å². The highest BCUT2D eigenvalue weighted by Gasteiger charge is 2.77. The maximum absolute atomic E-state index is 13.9. The molecular formula is C22H33BrN2O6. The second-order valence-electron chi connectivity index (χ2n) is 8.59. The van der Waals surface area contributed by atoms with Crippen LogP contribution in [-0.4, -0.2) is 87.6 Å². The lowest BCUT2D eigenvalue weighted by Crippen LogP contribution is -2.58. The zero-order valence-corrected chi connectivity index (χ0v) is 20.0. The summed E-state index contributed by atoms with van der Waals surface area (Å²) in [4.78, 5) is 43.2. The molecule has 8 nitrogen and oxygen atoms in total. The Morgan fingerprint density at radius 2 is 2.19 bits per heavy atom. The second-order valence-corrected chi connectivity index (χ2v) is 9.76. The van der Waals surface area contributed by atoms with Crippen LogP contribution < -0.4 is 0 Å². The Hall–Kier alpha value is -1.45. The molecule has 0 aliphatic carbocycles. The Bertz CT molecular complexity index is 733. The first-order chi connectivity index (χ1) is 14.8. The van der Waals surface area contributed by atoms with Gasteiger partial charge in [0.1, 0.15) is 11.6 Å². The van der Waals surface area contributed by atoms with Gasteiger partial charge in [-0.1, -0.05) is 35.4 Å². The Morgan fingerprint density at radius 1 is 1.48 bits per heavy atom. The van der Waals surface area contributed by atoms with Crippen molar-refractivity contribution in [1.29, 1.82) is 0 Å². The summed E-state index contributed by atoms with van der Waals surface area (Å²) in [6, 6.07) is -0.947. The average molecular weight is 501 g/mol. The maximum atomic E-state index is 13.9. The number of hydrogen-bond acceptors (Lipinski definition) is 6. The molecule has 0 aromatic rings. The molecule has 3 fully saturated rings. The molecule has 0 radical (unpaired) electrons. The summed E-state index contributed by atoms with van der Waals surface area (Å²) in [5, 5.41) is 9.64. The van der Waals surface area contributed by atoms with Crippen LogP contribution in [0.2, 0.25) is 0 Å². The molecule has 3 heterocycles. The Balaban J connectivity index is 2.04. The van der Waals surface area contributed by atoms with Crippen LogP contribution >= 0.6 is 15.9 Å². The van der Waals surface area contributed by atoms with Gasteiger partial charge in [-0.2, -0.15) is 0 Å². The number of carbonyl (C=O) groups is 3. The molecule has 31 heavy (non-hydrogen) atoms. The van der Waals surface area contributed by atoms with Crippen molar-refractivity contribution in [3.8, 4) is 0 Å². The van der Waals surface area contributed by atoms with E-state index in [1.165, 1.54) is 4.90 Å². The fourth-order valence-corrected chi connectivity index (χ4v) is 6.56. The lowest BCUT2D eigenvalue weighted by atomic mass is 9.70. The number of rotatable bonds is 10. The summed E-state index contributed by atoms with van der Waals surface area (Å²) in [6.45, 7) is 9.82. The fourth-order valence-electron chi connectivity index (χ4n) is 5.62. The molecule has 3 saturated heterocycles. The van der Waals surface area contributed by atoms with Crippen molar-refractivity contribution >= 4 is 33.7 Å². The van der Waals surface area contributed by atoms with Crippen LogP contribution in [0, 0.1) is 11.8 Å². The number of esters is 1. The third-order valence-corrected chi connectivity index (χ3v) is 7.61. The van der Waals surface area contributed by atoms with E-state index in [1.807, 2.05) is 6.92 Å². The van der Waals surface area contributed by atoms with Crippen molar-refractivity contribution in [2.75, 3.05) is 26.3 Å². The van der Waals surface area contributed by atoms with E-state index in [-0.39, 0.29) is 42.4 Å². The molecular weight excluding hydrogens is 468 g/mol. The number of ether oxygens (including phenoxy) is 2. The number of hydrogen-bond donors (Lipinski definition) is 1. The summed E-state index contributed by atoms with van der Waals surface area (Å²) < 4.78 is 11.6. The van der Waals surface area contributed by atoms with E-state index in [9.17, 15) is 19.5 Å². The van der Waals surface area contributed by atoms with Crippen LogP contribution in [0.5, 0.6) is 0 Å². The largest absolute Gasteiger partial charge is 0.466 e. The van der Waals surface area contributed by atoms with Crippen molar-refractivity contribution in [3.63, 3.8) is 0 Å². The number of halogens is 1. The summed E-state index contributed by atoms with van der Waals surface area (Å²) in [5.41, 5.74) is -1.12. The normalized spacial score (nSPS) is 34.5. The van der Waals surface area contributed by atoms with Gasteiger partial charge >= 0.3 is 5.97 Å². The summed E-state index contributed by atoms with van der Waals surface area (Å²) in [7, 11) is 0. The van der Waals surface area contributed by atoms with Gasteiger partial charge in [-0.3, -0.25) is 14.4 Å². The van der Waals surface area contributed by atoms with E-state index in [0.29, 0.717) is 13.0 Å². The van der Waals surface area contributed by atoms with Gasteiger partial charge < -0.3 is 24.4 Å². The quantitative estimate of drug-likeness (QED) is 0.277. The molecule has 3 aliphatic heterocycles. The molecule has 0 aromatic heterocycles. The number of aliphatic hydroxyl groups excluding tert-OH is 1. The first-order valence-electron chi connectivity index (χ1n) is 11.1. The number of aliphatic hydroxyl groups is 1. The molecule has 4 unspecified atom stereocenters. The van der Waals surface area contributed by atoms with E-state index < -0.39 is 35.6 Å². The van der Waals surface area contributed by atoms with E-state index in [1.54, 1.807) is 17.9 Å². The number of fused-ring (bicyclic) bond motifs is 1. The average Bonchev–Trinajstić information content (AvgIpc) is 3.30. The van der Waals surface area contributed by atoms with Crippen LogP contribution in [0.25, 0.3) is 0 Å². The number of nitrogens with zero attached hydrogens (tertiary/aromatic N) is 2. The molecule has 9 heteroatoms. The van der Waals surface area contributed by atoms with Crippen molar-refractivity contribution in [1.82, 2.24) is 9.80 Å². The zero-order chi connectivity index (χ0) is 22.9. The van der Waals surface area contributed by atoms with E-state index in [0.717, 1.165) is 12.8 Å². The Labute approximate surface area is 192 Å². The van der Waals surface area contributed by atoms with Crippen molar-refractivity contribution in [2.24, 2.45) is 11.8 Å². The highest BCUT2D eigenvalue weighted by Crippen LogP contribution is 2.60. The number of amides is 2. The highest BCUT2D eigenvalue weighted by atomic mass is 79.9. The van der Waals surface area contributed by atoms with Crippen molar-refractivity contribution < 1.29 is 29.0 Å². The van der Waals surface area contributed by atoms with E-state index in [2.05, 4.69) is 29.4 Å². The summed E-state index contributed by atoms with van der Waals surface area (Å²) in [6.07, 6.45) is 3.31. The number of carbonyl (C=O) groups excluding carboxylic acids is 3. The minimum Gasteiger partial charge on any atom is -0.466 e. The molecule has 1 N–H and O–H groups in total. The molecule has 7 atom stereocenters. The fraction of sp³-hybridized carbons (Fsp3) is 0.773. The van der Waals surface area contributed by atoms with Gasteiger partial charge in [-0.25, -0.2) is 0 Å². The minimum atomic E-state index is -1.12. The zero-order valence-electron chi connectivity index (χ0n) is 18.5. The van der Waals surface area contributed by atoms with Crippen LogP contribution in [-0.2, 0) is 23.9 Å². The van der Waals surface area contributed by atoms with Crippen LogP contribution in [0.1, 0.15) is 40.0 Å². The van der Waals surface area contributed by atoms with Gasteiger partial charge in [0.15, 0.2) is 0 Å². The SMILES string of the molecule is C=CCN(C(=O)C1N(CCO)C(=O)[C@@H]2[C@@H](C(=O)OCC)[C@@H]3OC12CC3Br)C(C)CCC. The van der Waals surface area contributed by atoms with Crippen LogP contribution in [0.15, 0.2) is 12.7 Å². The predicted molar refractivity (Wildman–Crippen MR) is 117 cm³/mol. The van der Waals surface area contributed by atoms with Crippen molar-refractivity contribution in [2.45, 2.75) is 68.6 Å². The minimum absolute atomic E-state index is 0.00804. The van der Waals surface area contributed by atoms with Gasteiger partial charge in [0.25, 0.3) is 0 Å². The first kappa shape index (κ1) is 24.2. The lowest BCUT2D eigenvalue weighted by molar-refractivity contribution is -0.155. The molecule has 0 saturated carbocycles. The first-order valence-corrected chi connectivity index (χ1v) is 12.0. The lowest BCUT2D eigenvalue weighted by Gasteiger charge is -2.39. The maximum Gasteiger partial charge on any atom is 0.312 e. The third-order valence-electron chi connectivity index (χ3n) is 6.77. The molecule has 2 amide bonds. The van der Waals surface area contributed by atoms with E-state index >= 15 is 0 Å². The molecule has 3 aliphatic rings. The van der Waals surface area contributed by atoms with Gasteiger partial charge in [-0.15, -0.1) is 6.58 Å². The van der Waals surface area contributed by atoms with Crippen LogP contribution in [0.3, 0.4) is 0 Å². The summed E-state index contributed by atoms with van der Waals surface area (Å²) >= 11 is 3.61. The van der Waals surface area contributed by atoms with Crippen molar-refractivity contribution in [3.05, 3.63) is 12.7 Å². The highest BCUT2D eigenvalue weighted by molar-refractivity contribution is 9.09. The monoisotopic (exact) mass is 500 g/mol. The van der Waals surface area contributed by atoms with Gasteiger partial charge in [0.2, 0.25) is 11.8 Å².